The summed E-state index contributed by atoms with van der Waals surface area (Å²) in [5.41, 5.74) is 0.0786. The van der Waals surface area contributed by atoms with Crippen LogP contribution in [0.4, 0.5) is 0 Å². The van der Waals surface area contributed by atoms with Gasteiger partial charge in [-0.1, -0.05) is 13.8 Å². The quantitative estimate of drug-likeness (QED) is 0.800. The van der Waals surface area contributed by atoms with Gasteiger partial charge in [0.05, 0.1) is 11.6 Å². The maximum atomic E-state index is 12.4. The molecule has 3 saturated heterocycles. The molecule has 0 unspecified atom stereocenters. The van der Waals surface area contributed by atoms with Gasteiger partial charge in [0.15, 0.2) is 0 Å². The highest BCUT2D eigenvalue weighted by Gasteiger charge is 2.56. The van der Waals surface area contributed by atoms with Gasteiger partial charge in [0.2, 0.25) is 5.91 Å². The van der Waals surface area contributed by atoms with E-state index in [9.17, 15) is 9.90 Å². The minimum Gasteiger partial charge on any atom is -0.392 e. The lowest BCUT2D eigenvalue weighted by atomic mass is 9.82. The molecule has 120 valence electrons. The molecule has 0 aliphatic carbocycles. The number of amides is 1. The molecule has 3 fully saturated rings. The van der Waals surface area contributed by atoms with Gasteiger partial charge in [-0.2, -0.15) is 0 Å². The van der Waals surface area contributed by atoms with Crippen LogP contribution in [0.1, 0.15) is 34.1 Å². The lowest BCUT2D eigenvalue weighted by Gasteiger charge is -2.62. The van der Waals surface area contributed by atoms with Gasteiger partial charge in [-0.25, -0.2) is 0 Å². The number of carbonyl (C=O) groups excluding carboxylic acids is 1. The highest BCUT2D eigenvalue weighted by atomic mass is 16.3. The second kappa shape index (κ2) is 5.21. The van der Waals surface area contributed by atoms with Crippen molar-refractivity contribution in [1.29, 1.82) is 0 Å². The molecule has 5 nitrogen and oxygen atoms in total. The molecule has 0 bridgehead atoms. The SMILES string of the molecule is CC(C)C(=O)N1C[C@@H]2C[C@@H](O)CN2C2(C1)CN(C(C)C)C2. The zero-order valence-electron chi connectivity index (χ0n) is 13.7. The largest absolute Gasteiger partial charge is 0.392 e. The number of likely N-dealkylation sites (tertiary alicyclic amines) is 1. The maximum absolute atomic E-state index is 12.4. The standard InChI is InChI=1S/C16H29N3O2/c1-11(2)15(21)17-6-13-5-14(20)7-19(13)16(8-17)9-18(10-16)12(3)4/h11-14,20H,5-10H2,1-4H3/t13-,14+/m0/s1. The number of carbonyl (C=O) groups is 1. The summed E-state index contributed by atoms with van der Waals surface area (Å²) in [6.45, 7) is 12.9. The maximum Gasteiger partial charge on any atom is 0.225 e. The molecular formula is C16H29N3O2. The van der Waals surface area contributed by atoms with Gasteiger partial charge in [-0.05, 0) is 20.3 Å². The first-order chi connectivity index (χ1) is 9.82. The topological polar surface area (TPSA) is 47.0 Å². The first-order valence-corrected chi connectivity index (χ1v) is 8.30. The number of rotatable bonds is 2. The van der Waals surface area contributed by atoms with E-state index in [2.05, 4.69) is 28.5 Å². The Morgan fingerprint density at radius 1 is 1.14 bits per heavy atom. The molecule has 0 aromatic rings. The molecule has 3 rings (SSSR count). The number of piperazine rings is 1. The molecule has 0 radical (unpaired) electrons. The van der Waals surface area contributed by atoms with E-state index in [1.807, 2.05) is 13.8 Å². The second-order valence-electron chi connectivity index (χ2n) is 7.79. The van der Waals surface area contributed by atoms with E-state index >= 15 is 0 Å². The van der Waals surface area contributed by atoms with Crippen LogP contribution >= 0.6 is 0 Å². The average Bonchev–Trinajstić information content (AvgIpc) is 2.73. The Bertz CT molecular complexity index is 418. The summed E-state index contributed by atoms with van der Waals surface area (Å²) in [4.78, 5) is 19.5. The third-order valence-electron chi connectivity index (χ3n) is 5.45. The summed E-state index contributed by atoms with van der Waals surface area (Å²) >= 11 is 0. The van der Waals surface area contributed by atoms with E-state index in [0.717, 1.165) is 39.1 Å². The Morgan fingerprint density at radius 3 is 2.38 bits per heavy atom. The Hall–Kier alpha value is -0.650. The summed E-state index contributed by atoms with van der Waals surface area (Å²) in [5.74, 6) is 0.319. The minimum absolute atomic E-state index is 0.0567. The predicted molar refractivity (Wildman–Crippen MR) is 82.0 cm³/mol. The van der Waals surface area contributed by atoms with Crippen molar-refractivity contribution in [2.45, 2.75) is 57.8 Å². The molecule has 3 aliphatic heterocycles. The molecular weight excluding hydrogens is 266 g/mol. The fourth-order valence-corrected chi connectivity index (χ4v) is 4.30. The van der Waals surface area contributed by atoms with Crippen LogP contribution in [0, 0.1) is 5.92 Å². The van der Waals surface area contributed by atoms with Crippen molar-refractivity contribution >= 4 is 5.91 Å². The van der Waals surface area contributed by atoms with Crippen molar-refractivity contribution in [1.82, 2.24) is 14.7 Å². The van der Waals surface area contributed by atoms with Crippen molar-refractivity contribution in [3.05, 3.63) is 0 Å². The number of aliphatic hydroxyl groups excluding tert-OH is 1. The fourth-order valence-electron chi connectivity index (χ4n) is 4.30. The van der Waals surface area contributed by atoms with Crippen LogP contribution in [0.15, 0.2) is 0 Å². The Labute approximate surface area is 127 Å². The number of aliphatic hydroxyl groups is 1. The Morgan fingerprint density at radius 2 is 1.81 bits per heavy atom. The fraction of sp³-hybridized carbons (Fsp3) is 0.938. The van der Waals surface area contributed by atoms with E-state index in [4.69, 9.17) is 0 Å². The number of nitrogens with zero attached hydrogens (tertiary/aromatic N) is 3. The summed E-state index contributed by atoms with van der Waals surface area (Å²) in [5, 5.41) is 10.1. The third-order valence-corrected chi connectivity index (χ3v) is 5.45. The van der Waals surface area contributed by atoms with Crippen molar-refractivity contribution in [2.24, 2.45) is 5.92 Å². The molecule has 3 heterocycles. The van der Waals surface area contributed by atoms with Gasteiger partial charge in [0, 0.05) is 50.7 Å². The van der Waals surface area contributed by atoms with Crippen LogP contribution in [-0.4, -0.2) is 82.2 Å². The van der Waals surface area contributed by atoms with Crippen molar-refractivity contribution in [3.8, 4) is 0 Å². The van der Waals surface area contributed by atoms with Crippen LogP contribution in [0.3, 0.4) is 0 Å². The summed E-state index contributed by atoms with van der Waals surface area (Å²) in [7, 11) is 0. The predicted octanol–water partition coefficient (Wildman–Crippen LogP) is 0.383. The average molecular weight is 295 g/mol. The number of β-amino-alcohol motifs (C(OH)–C–C–N with tert-alkyl or cyclic N) is 1. The minimum atomic E-state index is -0.228. The first kappa shape index (κ1) is 15.3. The smallest absolute Gasteiger partial charge is 0.225 e. The summed E-state index contributed by atoms with van der Waals surface area (Å²) in [6, 6.07) is 0.892. The van der Waals surface area contributed by atoms with Gasteiger partial charge < -0.3 is 10.0 Å². The molecule has 1 N–H and O–H groups in total. The number of fused-ring (bicyclic) bond motifs is 2. The third kappa shape index (κ3) is 2.49. The van der Waals surface area contributed by atoms with Crippen LogP contribution in [0.5, 0.6) is 0 Å². The van der Waals surface area contributed by atoms with Crippen molar-refractivity contribution in [3.63, 3.8) is 0 Å². The molecule has 0 saturated carbocycles. The highest BCUT2D eigenvalue weighted by Crippen LogP contribution is 2.39. The molecule has 1 spiro atoms. The van der Waals surface area contributed by atoms with E-state index in [0.29, 0.717) is 12.1 Å². The van der Waals surface area contributed by atoms with Gasteiger partial charge in [0.1, 0.15) is 0 Å². The number of hydrogen-bond donors (Lipinski definition) is 1. The van der Waals surface area contributed by atoms with E-state index in [1.165, 1.54) is 0 Å². The zero-order valence-corrected chi connectivity index (χ0v) is 13.7. The van der Waals surface area contributed by atoms with Gasteiger partial charge in [-0.15, -0.1) is 0 Å². The monoisotopic (exact) mass is 295 g/mol. The summed E-state index contributed by atoms with van der Waals surface area (Å²) < 4.78 is 0. The van der Waals surface area contributed by atoms with E-state index in [-0.39, 0.29) is 23.5 Å². The molecule has 2 atom stereocenters. The molecule has 21 heavy (non-hydrogen) atoms. The van der Waals surface area contributed by atoms with Gasteiger partial charge >= 0.3 is 0 Å². The van der Waals surface area contributed by atoms with Gasteiger partial charge in [-0.3, -0.25) is 14.6 Å². The lowest BCUT2D eigenvalue weighted by molar-refractivity contribution is -0.155. The molecule has 0 aromatic heterocycles. The molecule has 1 amide bonds. The van der Waals surface area contributed by atoms with Gasteiger partial charge in [0.25, 0.3) is 0 Å². The van der Waals surface area contributed by atoms with Crippen LogP contribution < -0.4 is 0 Å². The molecule has 0 aromatic carbocycles. The van der Waals surface area contributed by atoms with E-state index < -0.39 is 0 Å². The Kier molecular flexibility index (Phi) is 3.79. The highest BCUT2D eigenvalue weighted by molar-refractivity contribution is 5.78. The normalized spacial score (nSPS) is 32.8. The van der Waals surface area contributed by atoms with Crippen LogP contribution in [0.2, 0.25) is 0 Å². The van der Waals surface area contributed by atoms with E-state index in [1.54, 1.807) is 0 Å². The summed E-state index contributed by atoms with van der Waals surface area (Å²) in [6.07, 6.45) is 0.583. The Balaban J connectivity index is 1.79. The zero-order chi connectivity index (χ0) is 15.4. The number of hydrogen-bond acceptors (Lipinski definition) is 4. The van der Waals surface area contributed by atoms with Crippen molar-refractivity contribution in [2.75, 3.05) is 32.7 Å². The lowest BCUT2D eigenvalue weighted by Crippen LogP contribution is -2.79. The van der Waals surface area contributed by atoms with Crippen LogP contribution in [0.25, 0.3) is 0 Å². The molecule has 3 aliphatic rings. The van der Waals surface area contributed by atoms with Crippen molar-refractivity contribution < 1.29 is 9.90 Å². The first-order valence-electron chi connectivity index (χ1n) is 8.30. The van der Waals surface area contributed by atoms with Crippen LogP contribution in [-0.2, 0) is 4.79 Å². The second-order valence-corrected chi connectivity index (χ2v) is 7.79. The molecule has 5 heteroatoms.